The van der Waals surface area contributed by atoms with E-state index in [9.17, 15) is 9.90 Å². The summed E-state index contributed by atoms with van der Waals surface area (Å²) in [5.41, 5.74) is 2.65. The number of carbonyl (C=O) groups is 1. The van der Waals surface area contributed by atoms with Crippen molar-refractivity contribution < 1.29 is 109 Å². The minimum absolute atomic E-state index is 0. The van der Waals surface area contributed by atoms with E-state index in [2.05, 4.69) is 51.4 Å². The largest absolute Gasteiger partial charge is 1.00 e. The number of hydrogen-bond acceptors (Lipinski definition) is 8. The number of benzene rings is 2. The van der Waals surface area contributed by atoms with Gasteiger partial charge in [-0.3, -0.25) is 0 Å². The molecule has 296 valence electrons. The molecule has 1 atom stereocenters. The first-order chi connectivity index (χ1) is 23.9. The summed E-state index contributed by atoms with van der Waals surface area (Å²) in [6, 6.07) is 20.8. The summed E-state index contributed by atoms with van der Waals surface area (Å²) in [7, 11) is 4.72. The van der Waals surface area contributed by atoms with Gasteiger partial charge >= 0.3 is 51.4 Å². The van der Waals surface area contributed by atoms with E-state index in [-0.39, 0.29) is 90.2 Å². The molecule has 11 heteroatoms. The second kappa shape index (κ2) is 46.2. The number of unbranched alkanes of at least 4 members (excludes halogenated alkanes) is 9. The quantitative estimate of drug-likeness (QED) is 0.0328. The summed E-state index contributed by atoms with van der Waals surface area (Å²) in [6.45, 7) is 7.44. The van der Waals surface area contributed by atoms with Crippen LogP contribution in [-0.2, 0) is 17.8 Å². The molecular formula is C41H71ClKNO8. The Morgan fingerprint density at radius 3 is 1.50 bits per heavy atom. The predicted molar refractivity (Wildman–Crippen MR) is 204 cm³/mol. The van der Waals surface area contributed by atoms with Gasteiger partial charge in [-0.1, -0.05) is 137 Å². The Balaban J connectivity index is -0.000000203. The molecule has 0 heterocycles. The Morgan fingerprint density at radius 2 is 1.15 bits per heavy atom. The summed E-state index contributed by atoms with van der Waals surface area (Å²) in [4.78, 5) is 9.64. The second-order valence-corrected chi connectivity index (χ2v) is 12.7. The summed E-state index contributed by atoms with van der Waals surface area (Å²) in [5, 5.41) is 58.2. The molecule has 52 heavy (non-hydrogen) atoms. The predicted octanol–water partition coefficient (Wildman–Crippen LogP) is -1.03. The molecule has 6 N–H and O–H groups in total. The normalized spacial score (nSPS) is 10.9. The topological polar surface area (TPSA) is 162 Å². The molecule has 0 aliphatic carbocycles. The first-order valence-corrected chi connectivity index (χ1v) is 18.1. The molecule has 0 fully saturated rings. The SMILES string of the molecule is C/C=C/C=C/C(=O)[O-].CC(O)CO.CCCCCCCCCCCC[N+](C)(C)Cc1ccccc1.OCC(O)CO.OCCc1ccccc1.[Cl-].[K+]. The number of carboxylic acid groups (broad SMARTS) is 1. The minimum Gasteiger partial charge on any atom is -1.00 e. The first kappa shape index (κ1) is 60.3. The Bertz CT molecular complexity index is 1020. The first-order valence-electron chi connectivity index (χ1n) is 18.1. The van der Waals surface area contributed by atoms with E-state index in [0.29, 0.717) is 0 Å². The maximum atomic E-state index is 9.64. The number of aliphatic carboxylic acids is 1. The van der Waals surface area contributed by atoms with Crippen LogP contribution in [0.5, 0.6) is 0 Å². The Labute approximate surface area is 364 Å². The average molecular weight is 781 g/mol. The van der Waals surface area contributed by atoms with Crippen LogP contribution >= 0.6 is 0 Å². The van der Waals surface area contributed by atoms with Crippen LogP contribution in [0.3, 0.4) is 0 Å². The molecular weight excluding hydrogens is 709 g/mol. The van der Waals surface area contributed by atoms with E-state index in [0.717, 1.165) is 23.5 Å². The van der Waals surface area contributed by atoms with Crippen molar-refractivity contribution in [2.75, 3.05) is 47.1 Å². The molecule has 0 aromatic heterocycles. The molecule has 0 saturated heterocycles. The molecule has 2 aromatic rings. The zero-order valence-electron chi connectivity index (χ0n) is 33.1. The van der Waals surface area contributed by atoms with Gasteiger partial charge in [-0.15, -0.1) is 0 Å². The third-order valence-electron chi connectivity index (χ3n) is 7.04. The molecule has 1 unspecified atom stereocenters. The molecule has 2 aromatic carbocycles. The summed E-state index contributed by atoms with van der Waals surface area (Å²) in [5.74, 6) is -1.16. The van der Waals surface area contributed by atoms with Crippen molar-refractivity contribution in [1.82, 2.24) is 0 Å². The van der Waals surface area contributed by atoms with Gasteiger partial charge in [0.2, 0.25) is 0 Å². The Morgan fingerprint density at radius 1 is 0.731 bits per heavy atom. The number of carbonyl (C=O) groups excluding carboxylic acids is 1. The number of quaternary nitrogens is 1. The van der Waals surface area contributed by atoms with Gasteiger partial charge in [0, 0.05) is 12.2 Å². The third-order valence-corrected chi connectivity index (χ3v) is 7.04. The van der Waals surface area contributed by atoms with Gasteiger partial charge in [0.25, 0.3) is 0 Å². The zero-order valence-corrected chi connectivity index (χ0v) is 37.0. The number of hydrogen-bond donors (Lipinski definition) is 6. The van der Waals surface area contributed by atoms with Crippen molar-refractivity contribution in [2.45, 2.75) is 110 Å². The van der Waals surface area contributed by atoms with Crippen LogP contribution in [0, 0.1) is 0 Å². The van der Waals surface area contributed by atoms with Crippen molar-refractivity contribution in [2.24, 2.45) is 0 Å². The molecule has 9 nitrogen and oxygen atoms in total. The van der Waals surface area contributed by atoms with Crippen LogP contribution < -0.4 is 68.9 Å². The van der Waals surface area contributed by atoms with Crippen LogP contribution in [0.15, 0.2) is 85.0 Å². The van der Waals surface area contributed by atoms with Crippen LogP contribution in [0.25, 0.3) is 0 Å². The summed E-state index contributed by atoms with van der Waals surface area (Å²) in [6.07, 6.45) is 19.2. The van der Waals surface area contributed by atoms with Crippen molar-refractivity contribution in [1.29, 1.82) is 0 Å². The van der Waals surface area contributed by atoms with Gasteiger partial charge in [0.15, 0.2) is 0 Å². The maximum absolute atomic E-state index is 9.64. The van der Waals surface area contributed by atoms with Crippen molar-refractivity contribution in [3.05, 3.63) is 96.1 Å². The van der Waals surface area contributed by atoms with Crippen LogP contribution in [0.1, 0.15) is 96.1 Å². The van der Waals surface area contributed by atoms with Crippen LogP contribution in [0.2, 0.25) is 0 Å². The standard InChI is InChI=1S/C21H38N.C8H10O.C6H8O2.C3H8O3.C3H8O2.ClH.K/c1-4-5-6-7-8-9-10-11-12-16-19-22(2,3)20-21-17-14-13-15-18-21;9-7-6-8-4-2-1-3-5-8;1-2-3-4-5-6(7)8;4-1-3(6)2-5;1-3(5)2-4;;/h13-15,17-18H,4-12,16,19-20H2,1-3H3;1-5,9H,6-7H2;2-5H,1H3,(H,7,8);3-6H,1-2H2;3-5H,2H2,1H3;1H;/q+1;;;;;;+1/p-2/b;;3-2+,5-4+;;;;. The van der Waals surface area contributed by atoms with E-state index in [1.807, 2.05) is 30.3 Å². The van der Waals surface area contributed by atoms with Gasteiger partial charge < -0.3 is 57.4 Å². The fourth-order valence-electron chi connectivity index (χ4n) is 4.26. The van der Waals surface area contributed by atoms with Crippen molar-refractivity contribution in [3.63, 3.8) is 0 Å². The van der Waals surface area contributed by atoms with Crippen LogP contribution in [-0.4, -0.2) is 100 Å². The fraction of sp³-hybridized carbons (Fsp3) is 0.585. The van der Waals surface area contributed by atoms with E-state index in [1.54, 1.807) is 19.1 Å². The van der Waals surface area contributed by atoms with Crippen molar-refractivity contribution in [3.8, 4) is 0 Å². The molecule has 0 saturated carbocycles. The zero-order chi connectivity index (χ0) is 38.3. The molecule has 2 rings (SSSR count). The second-order valence-electron chi connectivity index (χ2n) is 12.7. The Kier molecular flexibility index (Phi) is 53.6. The monoisotopic (exact) mass is 779 g/mol. The molecule has 0 amide bonds. The number of halogens is 1. The van der Waals surface area contributed by atoms with Gasteiger partial charge in [-0.25, -0.2) is 0 Å². The average Bonchev–Trinajstić information content (AvgIpc) is 3.10. The van der Waals surface area contributed by atoms with E-state index in [1.165, 1.54) is 94.9 Å². The fourth-order valence-corrected chi connectivity index (χ4v) is 4.26. The van der Waals surface area contributed by atoms with Crippen LogP contribution in [0.4, 0.5) is 0 Å². The summed E-state index contributed by atoms with van der Waals surface area (Å²) < 4.78 is 1.11. The molecule has 0 spiro atoms. The number of carboxylic acids is 1. The van der Waals surface area contributed by atoms with Gasteiger partial charge in [-0.05, 0) is 44.7 Å². The number of nitrogens with zero attached hydrogens (tertiary/aromatic N) is 1. The molecule has 0 radical (unpaired) electrons. The van der Waals surface area contributed by atoms with E-state index >= 15 is 0 Å². The van der Waals surface area contributed by atoms with Gasteiger partial charge in [-0.2, -0.15) is 0 Å². The summed E-state index contributed by atoms with van der Waals surface area (Å²) >= 11 is 0. The molecule has 0 aliphatic heterocycles. The third kappa shape index (κ3) is 51.1. The number of aliphatic hydroxyl groups is 6. The van der Waals surface area contributed by atoms with E-state index < -0.39 is 18.2 Å². The van der Waals surface area contributed by atoms with Crippen molar-refractivity contribution >= 4 is 5.97 Å². The number of allylic oxidation sites excluding steroid dienone is 3. The Hall–Kier alpha value is -0.964. The van der Waals surface area contributed by atoms with E-state index in [4.69, 9.17) is 30.6 Å². The maximum Gasteiger partial charge on any atom is 1.00 e. The minimum atomic E-state index is -1.16. The smallest absolute Gasteiger partial charge is 1.00 e. The van der Waals surface area contributed by atoms with Gasteiger partial charge in [0.1, 0.15) is 12.6 Å². The number of rotatable bonds is 20. The number of aliphatic hydroxyl groups excluding tert-OH is 6. The molecule has 0 aliphatic rings. The molecule has 0 bridgehead atoms. The van der Waals surface area contributed by atoms with Gasteiger partial charge in [0.05, 0.1) is 52.5 Å².